The molecule has 0 bridgehead atoms. The second kappa shape index (κ2) is 10.6. The van der Waals surface area contributed by atoms with Crippen LogP contribution in [0.1, 0.15) is 40.8 Å². The molecule has 35 heavy (non-hydrogen) atoms. The third-order valence-electron chi connectivity index (χ3n) is 5.24. The Bertz CT molecular complexity index is 1070. The van der Waals surface area contributed by atoms with E-state index in [1.807, 2.05) is 0 Å². The van der Waals surface area contributed by atoms with E-state index in [1.165, 1.54) is 19.2 Å². The monoisotopic (exact) mass is 521 g/mol. The highest BCUT2D eigenvalue weighted by Gasteiger charge is 2.56. The number of ether oxygens (including phenoxy) is 4. The molecule has 1 aromatic heterocycles. The molecule has 14 nitrogen and oxygen atoms in total. The number of aliphatic hydroxyl groups is 1. The lowest BCUT2D eigenvalue weighted by molar-refractivity contribution is -0.200. The number of aromatic nitrogens is 2. The zero-order chi connectivity index (χ0) is 26.1. The molecule has 3 rings (SSSR count). The summed E-state index contributed by atoms with van der Waals surface area (Å²) in [4.78, 5) is 38.0. The van der Waals surface area contributed by atoms with Gasteiger partial charge in [0.05, 0.1) is 25.9 Å². The third kappa shape index (κ3) is 6.46. The van der Waals surface area contributed by atoms with E-state index in [1.54, 1.807) is 27.7 Å². The first-order chi connectivity index (χ1) is 16.2. The van der Waals surface area contributed by atoms with Crippen LogP contribution in [-0.4, -0.2) is 76.7 Å². The Morgan fingerprint density at radius 2 is 1.94 bits per heavy atom. The van der Waals surface area contributed by atoms with Crippen LogP contribution in [0.25, 0.3) is 0 Å². The van der Waals surface area contributed by atoms with Crippen LogP contribution in [0.5, 0.6) is 0 Å². The van der Waals surface area contributed by atoms with Gasteiger partial charge in [-0.05, 0) is 34.6 Å². The van der Waals surface area contributed by atoms with Crippen molar-refractivity contribution >= 4 is 13.7 Å². The van der Waals surface area contributed by atoms with Gasteiger partial charge in [0.2, 0.25) is 0 Å². The molecule has 3 unspecified atom stereocenters. The molecule has 2 saturated heterocycles. The van der Waals surface area contributed by atoms with Gasteiger partial charge in [-0.2, -0.15) is 0 Å². The number of hydrogen-bond acceptors (Lipinski definition) is 11. The highest BCUT2D eigenvalue weighted by atomic mass is 31.2. The predicted molar refractivity (Wildman–Crippen MR) is 119 cm³/mol. The van der Waals surface area contributed by atoms with Crippen molar-refractivity contribution in [1.82, 2.24) is 14.6 Å². The van der Waals surface area contributed by atoms with Crippen LogP contribution in [0.15, 0.2) is 21.9 Å². The average Bonchev–Trinajstić information content (AvgIpc) is 3.22. The van der Waals surface area contributed by atoms with E-state index >= 15 is 0 Å². The lowest BCUT2D eigenvalue weighted by Gasteiger charge is -2.28. The van der Waals surface area contributed by atoms with Crippen LogP contribution in [0.2, 0.25) is 0 Å². The molecular formula is C20H32N3O11P. The van der Waals surface area contributed by atoms with Crippen LogP contribution in [0, 0.1) is 0 Å². The minimum absolute atomic E-state index is 0.347. The van der Waals surface area contributed by atoms with Crippen molar-refractivity contribution in [3.63, 3.8) is 0 Å². The van der Waals surface area contributed by atoms with Crippen LogP contribution < -0.4 is 16.3 Å². The molecule has 0 amide bonds. The topological polar surface area (TPSA) is 177 Å². The summed E-state index contributed by atoms with van der Waals surface area (Å²) < 4.78 is 48.2. The zero-order valence-electron chi connectivity index (χ0n) is 20.3. The molecule has 0 radical (unpaired) electrons. The summed E-state index contributed by atoms with van der Waals surface area (Å²) >= 11 is 0. The SMILES string of the molecule is COC(=O)C(NP(=O)(OC[C@H]1O[C@@H](n2ccc(=O)[nH]c2=O)[C@@H]2OC(C)(C)O[C@@H]21)OC(C)C)C(C)O. The number of hydrogen-bond donors (Lipinski definition) is 3. The first-order valence-corrected chi connectivity index (χ1v) is 12.6. The normalized spacial score (nSPS) is 28.9. The number of nitrogens with zero attached hydrogens (tertiary/aromatic N) is 1. The van der Waals surface area contributed by atoms with Crippen LogP contribution >= 0.6 is 7.75 Å². The number of fused-ring (bicyclic) bond motifs is 1. The lowest BCUT2D eigenvalue weighted by atomic mass is 10.1. The second-order valence-electron chi connectivity index (χ2n) is 8.97. The number of carbonyl (C=O) groups is 1. The highest BCUT2D eigenvalue weighted by Crippen LogP contribution is 2.48. The Balaban J connectivity index is 1.83. The molecule has 2 aliphatic rings. The standard InChI is InChI=1S/C20H32N3O11P/c1-10(2)34-35(28,22-14(11(3)24)18(26)29-6)30-9-12-15-16(33-20(4,5)32-15)17(31-12)23-8-7-13(25)21-19(23)27/h7-8,10-12,14-17,24H,9H2,1-6H3,(H,22,28)(H,21,25,27)/t11?,12-,14?,15-,16-,17-,35?/m1/s1. The smallest absolute Gasteiger partial charge is 0.406 e. The summed E-state index contributed by atoms with van der Waals surface area (Å²) in [6, 6.07) is -0.221. The fourth-order valence-corrected chi connectivity index (χ4v) is 5.60. The van der Waals surface area contributed by atoms with Gasteiger partial charge in [0.1, 0.15) is 24.4 Å². The minimum Gasteiger partial charge on any atom is -0.468 e. The fourth-order valence-electron chi connectivity index (χ4n) is 3.85. The molecule has 2 fully saturated rings. The summed E-state index contributed by atoms with van der Waals surface area (Å²) in [7, 11) is -3.06. The molecule has 15 heteroatoms. The molecule has 0 spiro atoms. The second-order valence-corrected chi connectivity index (χ2v) is 10.7. The Morgan fingerprint density at radius 3 is 2.51 bits per heavy atom. The van der Waals surface area contributed by atoms with Gasteiger partial charge >= 0.3 is 19.4 Å². The van der Waals surface area contributed by atoms with Gasteiger partial charge in [-0.15, -0.1) is 0 Å². The number of aliphatic hydroxyl groups excluding tert-OH is 1. The Kier molecular flexibility index (Phi) is 8.39. The van der Waals surface area contributed by atoms with Crippen molar-refractivity contribution in [3.8, 4) is 0 Å². The molecule has 0 saturated carbocycles. The quantitative estimate of drug-likeness (QED) is 0.278. The zero-order valence-corrected chi connectivity index (χ0v) is 21.2. The average molecular weight is 521 g/mol. The van der Waals surface area contributed by atoms with Crippen LogP contribution in [0.4, 0.5) is 0 Å². The van der Waals surface area contributed by atoms with Crippen LogP contribution in [0.3, 0.4) is 0 Å². The van der Waals surface area contributed by atoms with Crippen molar-refractivity contribution < 1.29 is 42.5 Å². The lowest BCUT2D eigenvalue weighted by Crippen LogP contribution is -2.45. The van der Waals surface area contributed by atoms with E-state index in [-0.39, 0.29) is 6.61 Å². The van der Waals surface area contributed by atoms with Crippen LogP contribution in [-0.2, 0) is 37.4 Å². The largest absolute Gasteiger partial charge is 0.468 e. The molecule has 1 aromatic rings. The number of rotatable bonds is 10. The number of methoxy groups -OCH3 is 1. The maximum absolute atomic E-state index is 13.5. The summed E-state index contributed by atoms with van der Waals surface area (Å²) in [6.45, 7) is 7.58. The number of esters is 1. The Labute approximate surface area is 201 Å². The van der Waals surface area contributed by atoms with E-state index in [2.05, 4.69) is 14.8 Å². The summed E-state index contributed by atoms with van der Waals surface area (Å²) in [5.74, 6) is -1.87. The van der Waals surface area contributed by atoms with Gasteiger partial charge in [0, 0.05) is 12.3 Å². The predicted octanol–water partition coefficient (Wildman–Crippen LogP) is 0.0158. The van der Waals surface area contributed by atoms with Crippen molar-refractivity contribution in [3.05, 3.63) is 33.1 Å². The third-order valence-corrected chi connectivity index (χ3v) is 7.03. The van der Waals surface area contributed by atoms with Gasteiger partial charge < -0.3 is 24.1 Å². The van der Waals surface area contributed by atoms with E-state index in [0.29, 0.717) is 0 Å². The van der Waals surface area contributed by atoms with Gasteiger partial charge in [-0.3, -0.25) is 28.2 Å². The molecule has 3 N–H and O–H groups in total. The fraction of sp³-hybridized carbons (Fsp3) is 0.750. The minimum atomic E-state index is -4.18. The maximum atomic E-state index is 13.5. The van der Waals surface area contributed by atoms with Gasteiger partial charge in [0.25, 0.3) is 5.56 Å². The van der Waals surface area contributed by atoms with Crippen molar-refractivity contribution in [1.29, 1.82) is 0 Å². The Morgan fingerprint density at radius 1 is 1.29 bits per heavy atom. The molecule has 0 aromatic carbocycles. The number of H-pyrrole nitrogens is 1. The van der Waals surface area contributed by atoms with Crippen molar-refractivity contribution in [2.45, 2.75) is 83.2 Å². The number of nitrogens with one attached hydrogen (secondary N) is 2. The van der Waals surface area contributed by atoms with Gasteiger partial charge in [-0.1, -0.05) is 0 Å². The van der Waals surface area contributed by atoms with Gasteiger partial charge in [-0.25, -0.2) is 14.4 Å². The highest BCUT2D eigenvalue weighted by molar-refractivity contribution is 7.51. The summed E-state index contributed by atoms with van der Waals surface area (Å²) in [5.41, 5.74) is -1.27. The Hall–Kier alpha value is -1.90. The first-order valence-electron chi connectivity index (χ1n) is 11.0. The number of carbonyl (C=O) groups excluding carboxylic acids is 1. The first kappa shape index (κ1) is 27.7. The van der Waals surface area contributed by atoms with Crippen molar-refractivity contribution in [2.75, 3.05) is 13.7 Å². The van der Waals surface area contributed by atoms with E-state index in [4.69, 9.17) is 23.3 Å². The summed E-state index contributed by atoms with van der Waals surface area (Å²) in [5, 5.41) is 12.4. The molecule has 0 aliphatic carbocycles. The molecular weight excluding hydrogens is 489 g/mol. The van der Waals surface area contributed by atoms with E-state index < -0.39 is 73.5 Å². The molecule has 3 heterocycles. The molecule has 198 valence electrons. The van der Waals surface area contributed by atoms with E-state index in [9.17, 15) is 24.1 Å². The van der Waals surface area contributed by atoms with Crippen molar-refractivity contribution in [2.24, 2.45) is 0 Å². The summed E-state index contributed by atoms with van der Waals surface area (Å²) in [6.07, 6.45) is -3.89. The maximum Gasteiger partial charge on any atom is 0.406 e. The molecule has 2 aliphatic heterocycles. The van der Waals surface area contributed by atoms with E-state index in [0.717, 1.165) is 11.7 Å². The van der Waals surface area contributed by atoms with Gasteiger partial charge in [0.15, 0.2) is 12.0 Å². The number of aromatic amines is 1. The molecule has 7 atom stereocenters.